The van der Waals surface area contributed by atoms with Crippen LogP contribution in [0, 0.1) is 0 Å². The van der Waals surface area contributed by atoms with Crippen LogP contribution in [-0.2, 0) is 0 Å². The molecular weight excluding hydrogens is 549 g/mol. The van der Waals surface area contributed by atoms with Gasteiger partial charge in [-0.15, -0.1) is 0 Å². The molecule has 29 heavy (non-hydrogen) atoms. The van der Waals surface area contributed by atoms with E-state index >= 15 is 0 Å². The van der Waals surface area contributed by atoms with Gasteiger partial charge in [0.25, 0.3) is 0 Å². The number of hydrogen-bond donors (Lipinski definition) is 0. The van der Waals surface area contributed by atoms with Gasteiger partial charge in [-0.25, -0.2) is 0 Å². The second-order valence-corrected chi connectivity index (χ2v) is 8.75. The third kappa shape index (κ3) is 6.58. The molecule has 0 amide bonds. The number of aliphatic imine (C=N–C) groups is 2. The first-order valence-corrected chi connectivity index (χ1v) is 10.6. The molecule has 2 rings (SSSR count). The molecule has 0 aromatic heterocycles. The SMILES string of the molecule is CC(C)c1cccc(C(C)C)c1N=CC=Nc1c(C(C)C)cccc1C(C)C.[Po]. The number of nitrogens with zero attached hydrogens (tertiary/aromatic N) is 2. The minimum absolute atomic E-state index is 0. The van der Waals surface area contributed by atoms with Crippen molar-refractivity contribution in [3.8, 4) is 0 Å². The maximum Gasteiger partial charge on any atom is 0.0699 e. The number of hydrogen-bond acceptors (Lipinski definition) is 2. The maximum atomic E-state index is 4.84. The summed E-state index contributed by atoms with van der Waals surface area (Å²) in [5.74, 6) is 1.77. The third-order valence-corrected chi connectivity index (χ3v) is 5.16. The zero-order chi connectivity index (χ0) is 20.8. The largest absolute Gasteiger partial charge is 0.255 e. The van der Waals surface area contributed by atoms with Crippen molar-refractivity contribution in [2.75, 3.05) is 0 Å². The van der Waals surface area contributed by atoms with Crippen LogP contribution >= 0.6 is 0 Å². The topological polar surface area (TPSA) is 24.7 Å². The second-order valence-electron chi connectivity index (χ2n) is 8.75. The van der Waals surface area contributed by atoms with E-state index in [-0.39, 0.29) is 26.6 Å². The van der Waals surface area contributed by atoms with Gasteiger partial charge >= 0.3 is 0 Å². The van der Waals surface area contributed by atoms with Gasteiger partial charge in [0.05, 0.1) is 11.4 Å². The smallest absolute Gasteiger partial charge is 0.0699 e. The standard InChI is InChI=1S/C26H36N2.Po/c1-17(2)21-11-9-12-22(18(3)4)25(21)27-15-16-28-26-23(19(5)6)13-10-14-24(26)20(7)8;/h9-20H,1-8H3;. The molecule has 0 fully saturated rings. The van der Waals surface area contributed by atoms with Crippen LogP contribution in [-0.4, -0.2) is 39.0 Å². The fourth-order valence-electron chi connectivity index (χ4n) is 3.54. The molecule has 2 aromatic rings. The molecule has 0 spiro atoms. The molecule has 0 aliphatic carbocycles. The van der Waals surface area contributed by atoms with Crippen LogP contribution in [0.2, 0.25) is 0 Å². The van der Waals surface area contributed by atoms with Crippen molar-refractivity contribution in [3.63, 3.8) is 0 Å². The van der Waals surface area contributed by atoms with Crippen molar-refractivity contribution in [1.82, 2.24) is 0 Å². The van der Waals surface area contributed by atoms with E-state index in [1.807, 2.05) is 12.4 Å². The first-order chi connectivity index (χ1) is 13.2. The molecule has 3 heteroatoms. The Labute approximate surface area is 197 Å². The molecule has 0 saturated carbocycles. The summed E-state index contributed by atoms with van der Waals surface area (Å²) < 4.78 is 0. The summed E-state index contributed by atoms with van der Waals surface area (Å²) in [4.78, 5) is 9.68. The number of rotatable bonds is 7. The van der Waals surface area contributed by atoms with Crippen LogP contribution in [0.5, 0.6) is 0 Å². The molecule has 0 aliphatic rings. The maximum absolute atomic E-state index is 4.84. The molecule has 0 unspecified atom stereocenters. The summed E-state index contributed by atoms with van der Waals surface area (Å²) in [5, 5.41) is 0. The number of para-hydroxylation sites is 2. The van der Waals surface area contributed by atoms with Crippen LogP contribution in [0.4, 0.5) is 11.4 Å². The average Bonchev–Trinajstić information content (AvgIpc) is 2.64. The van der Waals surface area contributed by atoms with Crippen molar-refractivity contribution in [1.29, 1.82) is 0 Å². The molecule has 2 radical (unpaired) electrons. The zero-order valence-corrected chi connectivity index (χ0v) is 22.4. The minimum Gasteiger partial charge on any atom is -0.255 e. The zero-order valence-electron chi connectivity index (χ0n) is 19.2. The Kier molecular flexibility index (Phi) is 10.4. The summed E-state index contributed by atoms with van der Waals surface area (Å²) in [6, 6.07) is 13.0. The summed E-state index contributed by atoms with van der Waals surface area (Å²) in [6.07, 6.45) is 3.71. The van der Waals surface area contributed by atoms with Crippen LogP contribution < -0.4 is 0 Å². The predicted octanol–water partition coefficient (Wildman–Crippen LogP) is 7.90. The van der Waals surface area contributed by atoms with Crippen molar-refractivity contribution < 1.29 is 0 Å². The number of benzene rings is 2. The van der Waals surface area contributed by atoms with Gasteiger partial charge in [-0.1, -0.05) is 91.8 Å². The normalized spacial score (nSPS) is 12.1. The Morgan fingerprint density at radius 1 is 0.517 bits per heavy atom. The predicted molar refractivity (Wildman–Crippen MR) is 131 cm³/mol. The van der Waals surface area contributed by atoms with Crippen molar-refractivity contribution in [3.05, 3.63) is 58.7 Å². The Balaban J connectivity index is 0.00000420. The quantitative estimate of drug-likeness (QED) is 0.295. The van der Waals surface area contributed by atoms with Crippen molar-refractivity contribution in [2.24, 2.45) is 9.98 Å². The van der Waals surface area contributed by atoms with E-state index in [2.05, 4.69) is 91.8 Å². The molecule has 0 aliphatic heterocycles. The summed E-state index contributed by atoms with van der Waals surface area (Å²) in [7, 11) is 0. The fraction of sp³-hybridized carbons (Fsp3) is 0.462. The van der Waals surface area contributed by atoms with Gasteiger partial charge < -0.3 is 0 Å². The molecule has 0 bridgehead atoms. The monoisotopic (exact) mass is 585 g/mol. The first-order valence-electron chi connectivity index (χ1n) is 10.6. The summed E-state index contributed by atoms with van der Waals surface area (Å²) in [6.45, 7) is 17.8. The first kappa shape index (κ1) is 25.7. The Hall–Kier alpha value is -1.32. The van der Waals surface area contributed by atoms with E-state index in [0.29, 0.717) is 23.7 Å². The van der Waals surface area contributed by atoms with E-state index in [1.165, 1.54) is 22.3 Å². The van der Waals surface area contributed by atoms with E-state index in [4.69, 9.17) is 9.98 Å². The Bertz CT molecular complexity index is 722. The van der Waals surface area contributed by atoms with Crippen LogP contribution in [0.15, 0.2) is 46.4 Å². The molecule has 2 nitrogen and oxygen atoms in total. The fourth-order valence-corrected chi connectivity index (χ4v) is 3.54. The van der Waals surface area contributed by atoms with Crippen LogP contribution in [0.1, 0.15) is 101 Å². The third-order valence-electron chi connectivity index (χ3n) is 5.16. The van der Waals surface area contributed by atoms with Gasteiger partial charge in [-0.3, -0.25) is 9.98 Å². The average molecular weight is 586 g/mol. The van der Waals surface area contributed by atoms with Crippen LogP contribution in [0.3, 0.4) is 0 Å². The van der Waals surface area contributed by atoms with Crippen molar-refractivity contribution in [2.45, 2.75) is 79.1 Å². The van der Waals surface area contributed by atoms with Gasteiger partial charge in [-0.05, 0) is 45.9 Å². The van der Waals surface area contributed by atoms with Gasteiger partial charge in [-0.2, -0.15) is 0 Å². The molecule has 2 aromatic carbocycles. The van der Waals surface area contributed by atoms with Gasteiger partial charge in [0, 0.05) is 39.0 Å². The molecule has 156 valence electrons. The molecule has 0 heterocycles. The Morgan fingerprint density at radius 3 is 0.966 bits per heavy atom. The minimum atomic E-state index is 0. The summed E-state index contributed by atoms with van der Waals surface area (Å²) in [5.41, 5.74) is 7.37. The van der Waals surface area contributed by atoms with Crippen molar-refractivity contribution >= 4 is 50.4 Å². The van der Waals surface area contributed by atoms with E-state index in [9.17, 15) is 0 Å². The molecule has 0 N–H and O–H groups in total. The summed E-state index contributed by atoms with van der Waals surface area (Å²) >= 11 is 0. The molecular formula is C26H36N2Po. The van der Waals surface area contributed by atoms with Gasteiger partial charge in [0.1, 0.15) is 0 Å². The van der Waals surface area contributed by atoms with Gasteiger partial charge in [0.2, 0.25) is 0 Å². The molecule has 0 atom stereocenters. The Morgan fingerprint density at radius 2 is 0.759 bits per heavy atom. The van der Waals surface area contributed by atoms with Crippen LogP contribution in [0.25, 0.3) is 0 Å². The van der Waals surface area contributed by atoms with E-state index in [0.717, 1.165) is 11.4 Å². The van der Waals surface area contributed by atoms with E-state index in [1.54, 1.807) is 0 Å². The second kappa shape index (κ2) is 11.8. The van der Waals surface area contributed by atoms with Gasteiger partial charge in [0.15, 0.2) is 0 Å². The van der Waals surface area contributed by atoms with E-state index < -0.39 is 0 Å². The molecule has 0 saturated heterocycles.